The van der Waals surface area contributed by atoms with Crippen LogP contribution < -0.4 is 4.90 Å². The van der Waals surface area contributed by atoms with Crippen LogP contribution in [0.3, 0.4) is 0 Å². The van der Waals surface area contributed by atoms with Crippen LogP contribution in [0.4, 0.5) is 5.82 Å². The molecule has 0 aliphatic carbocycles. The molecule has 0 atom stereocenters. The van der Waals surface area contributed by atoms with E-state index >= 15 is 0 Å². The van der Waals surface area contributed by atoms with E-state index in [0.29, 0.717) is 0 Å². The molecule has 180 valence electrons. The maximum absolute atomic E-state index is 6.22. The van der Waals surface area contributed by atoms with Gasteiger partial charge in [0.2, 0.25) is 0 Å². The molecule has 36 heavy (non-hydrogen) atoms. The number of hydrogen-bond donors (Lipinski definition) is 1. The Morgan fingerprint density at radius 1 is 0.833 bits per heavy atom. The number of nitrogens with zero attached hydrogens (tertiary/aromatic N) is 3. The molecule has 1 fully saturated rings. The molecule has 0 amide bonds. The van der Waals surface area contributed by atoms with Gasteiger partial charge in [-0.2, -0.15) is 0 Å². The molecule has 0 saturated carbocycles. The summed E-state index contributed by atoms with van der Waals surface area (Å²) >= 11 is 6.22. The number of fused-ring (bicyclic) bond motifs is 1. The number of aryl methyl sites for hydroxylation is 1. The highest BCUT2D eigenvalue weighted by Gasteiger charge is 2.21. The molecule has 6 rings (SSSR count). The van der Waals surface area contributed by atoms with Crippen molar-refractivity contribution in [2.75, 3.05) is 31.1 Å². The predicted molar refractivity (Wildman–Crippen MR) is 151 cm³/mol. The van der Waals surface area contributed by atoms with Crippen LogP contribution in [0.5, 0.6) is 0 Å². The van der Waals surface area contributed by atoms with E-state index < -0.39 is 0 Å². The molecule has 4 nitrogen and oxygen atoms in total. The van der Waals surface area contributed by atoms with E-state index in [-0.39, 0.29) is 0 Å². The Balaban J connectivity index is 1.35. The van der Waals surface area contributed by atoms with Gasteiger partial charge in [0.05, 0.1) is 5.69 Å². The van der Waals surface area contributed by atoms with Crippen LogP contribution in [-0.4, -0.2) is 41.0 Å². The van der Waals surface area contributed by atoms with Crippen LogP contribution in [0.2, 0.25) is 5.02 Å². The van der Waals surface area contributed by atoms with E-state index in [4.69, 9.17) is 11.6 Å². The first kappa shape index (κ1) is 22.8. The monoisotopic (exact) mass is 492 g/mol. The molecular weight excluding hydrogens is 464 g/mol. The Morgan fingerprint density at radius 3 is 2.44 bits per heavy atom. The molecule has 3 heterocycles. The van der Waals surface area contributed by atoms with Crippen LogP contribution in [-0.2, 0) is 6.54 Å². The molecule has 0 unspecified atom stereocenters. The van der Waals surface area contributed by atoms with Crippen molar-refractivity contribution in [3.63, 3.8) is 0 Å². The summed E-state index contributed by atoms with van der Waals surface area (Å²) in [5.41, 5.74) is 7.45. The first-order valence-corrected chi connectivity index (χ1v) is 12.9. The van der Waals surface area contributed by atoms with Crippen molar-refractivity contribution >= 4 is 28.2 Å². The number of benzene rings is 3. The average Bonchev–Trinajstić information content (AvgIpc) is 3.37. The van der Waals surface area contributed by atoms with Gasteiger partial charge in [-0.3, -0.25) is 4.90 Å². The third kappa shape index (κ3) is 4.39. The lowest BCUT2D eigenvalue weighted by molar-refractivity contribution is 0.249. The van der Waals surface area contributed by atoms with Crippen molar-refractivity contribution in [1.29, 1.82) is 0 Å². The van der Waals surface area contributed by atoms with E-state index in [9.17, 15) is 0 Å². The largest absolute Gasteiger partial charge is 0.361 e. The smallest absolute Gasteiger partial charge is 0.128 e. The number of rotatable bonds is 5. The first-order chi connectivity index (χ1) is 17.7. The van der Waals surface area contributed by atoms with Crippen LogP contribution in [0, 0.1) is 6.92 Å². The number of halogens is 1. The predicted octanol–water partition coefficient (Wildman–Crippen LogP) is 7.18. The summed E-state index contributed by atoms with van der Waals surface area (Å²) in [4.78, 5) is 13.1. The van der Waals surface area contributed by atoms with Gasteiger partial charge in [-0.15, -0.1) is 0 Å². The van der Waals surface area contributed by atoms with Gasteiger partial charge in [-0.25, -0.2) is 4.98 Å². The number of aromatic nitrogens is 2. The highest BCUT2D eigenvalue weighted by molar-refractivity contribution is 6.30. The van der Waals surface area contributed by atoms with Crippen LogP contribution in [0.1, 0.15) is 11.1 Å². The number of pyridine rings is 1. The molecule has 5 heteroatoms. The normalized spacial score (nSPS) is 14.4. The Labute approximate surface area is 217 Å². The molecular formula is C31H29ClN4. The zero-order chi connectivity index (χ0) is 24.5. The molecule has 0 bridgehead atoms. The van der Waals surface area contributed by atoms with Crippen molar-refractivity contribution < 1.29 is 0 Å². The second kappa shape index (κ2) is 9.81. The van der Waals surface area contributed by atoms with Gasteiger partial charge in [-0.1, -0.05) is 60.1 Å². The van der Waals surface area contributed by atoms with E-state index in [2.05, 4.69) is 93.6 Å². The standard InChI is InChI=1S/C31H29ClN4/c1-22-5-4-6-28-26(22)12-13-27(23-8-10-25(32)11-9-23)30(28)31-24(14-16-34-31)21-35-17-19-36(20-18-35)29-7-2-3-15-33-29/h2-16,34H,17-21H2,1H3. The van der Waals surface area contributed by atoms with E-state index in [1.54, 1.807) is 0 Å². The number of nitrogens with one attached hydrogen (secondary N) is 1. The SMILES string of the molecule is Cc1cccc2c(-c3[nH]ccc3CN3CCN(c4ccccn4)CC3)c(-c3ccc(Cl)cc3)ccc12. The lowest BCUT2D eigenvalue weighted by atomic mass is 9.89. The zero-order valence-electron chi connectivity index (χ0n) is 20.4. The number of H-pyrrole nitrogens is 1. The lowest BCUT2D eigenvalue weighted by Gasteiger charge is -2.35. The molecule has 1 aliphatic rings. The van der Waals surface area contributed by atoms with Gasteiger partial charge in [0.1, 0.15) is 5.82 Å². The Bertz CT molecular complexity index is 1480. The minimum Gasteiger partial charge on any atom is -0.361 e. The fourth-order valence-electron chi connectivity index (χ4n) is 5.34. The summed E-state index contributed by atoms with van der Waals surface area (Å²) in [6.07, 6.45) is 3.95. The van der Waals surface area contributed by atoms with Gasteiger partial charge >= 0.3 is 0 Å². The van der Waals surface area contributed by atoms with Crippen molar-refractivity contribution in [1.82, 2.24) is 14.9 Å². The topological polar surface area (TPSA) is 35.2 Å². The minimum atomic E-state index is 0.752. The summed E-state index contributed by atoms with van der Waals surface area (Å²) < 4.78 is 0. The lowest BCUT2D eigenvalue weighted by Crippen LogP contribution is -2.46. The summed E-state index contributed by atoms with van der Waals surface area (Å²) in [6, 6.07) is 27.6. The molecule has 2 aromatic heterocycles. The maximum Gasteiger partial charge on any atom is 0.128 e. The number of aromatic amines is 1. The van der Waals surface area contributed by atoms with Crippen LogP contribution in [0.25, 0.3) is 33.2 Å². The molecule has 0 spiro atoms. The molecule has 5 aromatic rings. The molecule has 3 aromatic carbocycles. The molecule has 1 aliphatic heterocycles. The van der Waals surface area contributed by atoms with Crippen molar-refractivity contribution in [2.24, 2.45) is 0 Å². The van der Waals surface area contributed by atoms with Gasteiger partial charge in [-0.05, 0) is 70.3 Å². The fraction of sp³-hybridized carbons (Fsp3) is 0.194. The highest BCUT2D eigenvalue weighted by atomic mass is 35.5. The van der Waals surface area contributed by atoms with Gasteiger partial charge in [0, 0.05) is 55.7 Å². The third-order valence-electron chi connectivity index (χ3n) is 7.26. The fourth-order valence-corrected chi connectivity index (χ4v) is 5.46. The molecule has 1 N–H and O–H groups in total. The number of hydrogen-bond acceptors (Lipinski definition) is 3. The quantitative estimate of drug-likeness (QED) is 0.282. The zero-order valence-corrected chi connectivity index (χ0v) is 21.2. The Kier molecular flexibility index (Phi) is 6.22. The maximum atomic E-state index is 6.22. The summed E-state index contributed by atoms with van der Waals surface area (Å²) in [7, 11) is 0. The second-order valence-corrected chi connectivity index (χ2v) is 9.93. The molecule has 0 radical (unpaired) electrons. The Morgan fingerprint density at radius 2 is 1.67 bits per heavy atom. The van der Waals surface area contributed by atoms with E-state index in [1.165, 1.54) is 44.3 Å². The minimum absolute atomic E-state index is 0.752. The summed E-state index contributed by atoms with van der Waals surface area (Å²) in [5.74, 6) is 1.07. The van der Waals surface area contributed by atoms with Crippen molar-refractivity contribution in [3.05, 3.63) is 107 Å². The van der Waals surface area contributed by atoms with Gasteiger partial charge in [0.15, 0.2) is 0 Å². The first-order valence-electron chi connectivity index (χ1n) is 12.5. The third-order valence-corrected chi connectivity index (χ3v) is 7.51. The molecule has 1 saturated heterocycles. The van der Waals surface area contributed by atoms with Gasteiger partial charge < -0.3 is 9.88 Å². The average molecular weight is 493 g/mol. The number of piperazine rings is 1. The summed E-state index contributed by atoms with van der Waals surface area (Å²) in [5, 5.41) is 3.31. The number of anilines is 1. The van der Waals surface area contributed by atoms with Crippen LogP contribution >= 0.6 is 11.6 Å². The van der Waals surface area contributed by atoms with E-state index in [0.717, 1.165) is 43.6 Å². The van der Waals surface area contributed by atoms with Crippen LogP contribution in [0.15, 0.2) is 91.3 Å². The Hall–Kier alpha value is -3.60. The van der Waals surface area contributed by atoms with Crippen molar-refractivity contribution in [3.8, 4) is 22.4 Å². The highest BCUT2D eigenvalue weighted by Crippen LogP contribution is 2.40. The summed E-state index contributed by atoms with van der Waals surface area (Å²) in [6.45, 7) is 7.10. The van der Waals surface area contributed by atoms with Gasteiger partial charge in [0.25, 0.3) is 0 Å². The second-order valence-electron chi connectivity index (χ2n) is 9.49. The van der Waals surface area contributed by atoms with E-state index in [1.807, 2.05) is 24.4 Å². The van der Waals surface area contributed by atoms with Crippen molar-refractivity contribution in [2.45, 2.75) is 13.5 Å².